The van der Waals surface area contributed by atoms with Gasteiger partial charge in [-0.1, -0.05) is 13.8 Å². The molecule has 1 amide bonds. The van der Waals surface area contributed by atoms with Crippen LogP contribution in [-0.4, -0.2) is 44.1 Å². The maximum Gasteiger partial charge on any atom is 0.255 e. The molecule has 0 saturated carbocycles. The number of halogens is 1. The minimum atomic E-state index is -0.297. The second kappa shape index (κ2) is 8.74. The van der Waals surface area contributed by atoms with E-state index in [-0.39, 0.29) is 34.2 Å². The number of amides is 1. The molecule has 1 aromatic rings. The number of carbonyl (C=O) groups excluding carboxylic acids is 1. The Morgan fingerprint density at radius 2 is 2.10 bits per heavy atom. The lowest BCUT2D eigenvalue weighted by atomic mass is 10.1. The molecule has 21 heavy (non-hydrogen) atoms. The van der Waals surface area contributed by atoms with Crippen molar-refractivity contribution in [2.45, 2.75) is 18.7 Å². The zero-order valence-corrected chi connectivity index (χ0v) is 13.4. The van der Waals surface area contributed by atoms with Crippen molar-refractivity contribution in [1.82, 2.24) is 10.2 Å². The maximum atomic E-state index is 12.8. The van der Waals surface area contributed by atoms with Gasteiger partial charge in [0.15, 0.2) is 0 Å². The fourth-order valence-electron chi connectivity index (χ4n) is 1.95. The van der Waals surface area contributed by atoms with E-state index in [4.69, 9.17) is 10.5 Å². The van der Waals surface area contributed by atoms with Crippen LogP contribution >= 0.6 is 12.1 Å². The number of hydrogen-bond acceptors (Lipinski definition) is 5. The fraction of sp³-hybridized carbons (Fsp3) is 0.500. The number of carbonyl (C=O) groups is 1. The Morgan fingerprint density at radius 1 is 1.43 bits per heavy atom. The molecule has 0 atom stereocenters. The average Bonchev–Trinajstić information content (AvgIpc) is 2.50. The van der Waals surface area contributed by atoms with Gasteiger partial charge in [0, 0.05) is 19.2 Å². The Hall–Kier alpha value is -1.47. The molecular weight excluding hydrogens is 293 g/mol. The van der Waals surface area contributed by atoms with Crippen LogP contribution < -0.4 is 15.8 Å². The summed E-state index contributed by atoms with van der Waals surface area (Å²) in [7, 11) is 1.45. The van der Waals surface area contributed by atoms with Crippen molar-refractivity contribution in [3.05, 3.63) is 17.7 Å². The minimum absolute atomic E-state index is 0.0134. The number of methoxy groups -OCH3 is 1. The summed E-state index contributed by atoms with van der Waals surface area (Å²) < 4.78 is 17.9. The number of anilines is 1. The molecule has 1 rings (SSSR count). The molecule has 0 aliphatic rings. The molecule has 0 saturated heterocycles. The highest BCUT2D eigenvalue weighted by molar-refractivity contribution is 7.94. The third kappa shape index (κ3) is 4.78. The number of hydrogen-bond donors (Lipinski definition) is 2. The fourth-order valence-corrected chi connectivity index (χ4v) is 2.26. The highest BCUT2D eigenvalue weighted by Crippen LogP contribution is 2.32. The van der Waals surface area contributed by atoms with Crippen molar-refractivity contribution in [2.24, 2.45) is 0 Å². The highest BCUT2D eigenvalue weighted by atomic mass is 32.2. The lowest BCUT2D eigenvalue weighted by Gasteiger charge is -2.18. The Kier molecular flexibility index (Phi) is 7.31. The third-order valence-electron chi connectivity index (χ3n) is 3.27. The summed E-state index contributed by atoms with van der Waals surface area (Å²) in [5, 5.41) is 2.81. The molecule has 0 unspecified atom stereocenters. The molecule has 0 radical (unpaired) electrons. The van der Waals surface area contributed by atoms with Crippen molar-refractivity contribution in [1.29, 1.82) is 0 Å². The smallest absolute Gasteiger partial charge is 0.255 e. The van der Waals surface area contributed by atoms with E-state index in [1.54, 1.807) is 0 Å². The first-order valence-electron chi connectivity index (χ1n) is 6.83. The molecule has 0 aliphatic heterocycles. The van der Waals surface area contributed by atoms with Crippen molar-refractivity contribution in [3.8, 4) is 5.75 Å². The van der Waals surface area contributed by atoms with E-state index in [0.29, 0.717) is 12.3 Å². The normalized spacial score (nSPS) is 10.7. The van der Waals surface area contributed by atoms with Crippen LogP contribution in [-0.2, 0) is 0 Å². The summed E-state index contributed by atoms with van der Waals surface area (Å²) in [5.41, 5.74) is 6.21. The Balaban J connectivity index is 2.77. The zero-order chi connectivity index (χ0) is 15.8. The molecular formula is C14H22FN3O2S. The number of benzene rings is 1. The van der Waals surface area contributed by atoms with E-state index >= 15 is 0 Å². The monoisotopic (exact) mass is 315 g/mol. The molecule has 7 heteroatoms. The Bertz CT molecular complexity index is 482. The van der Waals surface area contributed by atoms with Gasteiger partial charge in [-0.2, -0.15) is 3.89 Å². The van der Waals surface area contributed by atoms with E-state index in [2.05, 4.69) is 24.1 Å². The van der Waals surface area contributed by atoms with Crippen LogP contribution in [0.2, 0.25) is 0 Å². The first-order valence-corrected chi connectivity index (χ1v) is 7.55. The minimum Gasteiger partial charge on any atom is -0.496 e. The van der Waals surface area contributed by atoms with Gasteiger partial charge >= 0.3 is 0 Å². The van der Waals surface area contributed by atoms with Gasteiger partial charge in [-0.15, -0.1) is 0 Å². The average molecular weight is 315 g/mol. The lowest BCUT2D eigenvalue weighted by molar-refractivity contribution is 0.0945. The summed E-state index contributed by atoms with van der Waals surface area (Å²) in [6.07, 6.45) is 0. The van der Waals surface area contributed by atoms with E-state index < -0.39 is 0 Å². The molecule has 0 aromatic heterocycles. The Labute approximate surface area is 129 Å². The van der Waals surface area contributed by atoms with E-state index in [0.717, 1.165) is 19.6 Å². The van der Waals surface area contributed by atoms with E-state index in [9.17, 15) is 8.68 Å². The molecule has 1 aromatic carbocycles. The summed E-state index contributed by atoms with van der Waals surface area (Å²) in [4.78, 5) is 14.6. The topological polar surface area (TPSA) is 67.6 Å². The summed E-state index contributed by atoms with van der Waals surface area (Å²) in [6.45, 7) is 7.28. The summed E-state index contributed by atoms with van der Waals surface area (Å²) >= 11 is 0.0134. The number of rotatable bonds is 8. The number of ether oxygens (including phenoxy) is 1. The number of nitrogen functional groups attached to an aromatic ring is 1. The highest BCUT2D eigenvalue weighted by Gasteiger charge is 2.16. The first-order chi connectivity index (χ1) is 10.1. The largest absolute Gasteiger partial charge is 0.496 e. The van der Waals surface area contributed by atoms with Crippen LogP contribution in [0.3, 0.4) is 0 Å². The number of nitrogens with two attached hydrogens (primary N) is 1. The van der Waals surface area contributed by atoms with E-state index in [1.807, 2.05) is 0 Å². The second-order valence-electron chi connectivity index (χ2n) is 4.45. The number of nitrogens with zero attached hydrogens (tertiary/aromatic N) is 1. The van der Waals surface area contributed by atoms with Gasteiger partial charge in [-0.25, -0.2) is 0 Å². The standard InChI is InChI=1S/C14H22FN3O2S/c1-4-18(5-2)7-6-17-14(19)10-8-13(21-15)11(16)9-12(10)20-3/h8-9H,4-7,16H2,1-3H3,(H,17,19). The predicted molar refractivity (Wildman–Crippen MR) is 84.5 cm³/mol. The van der Waals surface area contributed by atoms with Crippen molar-refractivity contribution >= 4 is 23.7 Å². The second-order valence-corrected chi connectivity index (χ2v) is 5.04. The van der Waals surface area contributed by atoms with Gasteiger partial charge in [0.1, 0.15) is 5.75 Å². The van der Waals surface area contributed by atoms with Gasteiger partial charge < -0.3 is 20.7 Å². The van der Waals surface area contributed by atoms with Crippen LogP contribution in [0.4, 0.5) is 9.57 Å². The van der Waals surface area contributed by atoms with Crippen LogP contribution in [0.1, 0.15) is 24.2 Å². The van der Waals surface area contributed by atoms with Crippen molar-refractivity contribution < 1.29 is 13.4 Å². The first kappa shape index (κ1) is 17.6. The lowest BCUT2D eigenvalue weighted by Crippen LogP contribution is -2.34. The summed E-state index contributed by atoms with van der Waals surface area (Å²) in [5.74, 6) is 0.0416. The quantitative estimate of drug-likeness (QED) is 0.721. The van der Waals surface area contributed by atoms with Crippen molar-refractivity contribution in [2.75, 3.05) is 39.0 Å². The third-order valence-corrected chi connectivity index (χ3v) is 3.79. The van der Waals surface area contributed by atoms with Gasteiger partial charge in [-0.05, 0) is 19.2 Å². The van der Waals surface area contributed by atoms with Gasteiger partial charge in [0.2, 0.25) is 0 Å². The van der Waals surface area contributed by atoms with E-state index in [1.165, 1.54) is 19.2 Å². The number of likely N-dealkylation sites (N-methyl/N-ethyl adjacent to an activating group) is 1. The summed E-state index contributed by atoms with van der Waals surface area (Å²) in [6, 6.07) is 2.87. The maximum absolute atomic E-state index is 12.8. The molecule has 0 fully saturated rings. The zero-order valence-electron chi connectivity index (χ0n) is 12.6. The van der Waals surface area contributed by atoms with Crippen LogP contribution in [0.25, 0.3) is 0 Å². The van der Waals surface area contributed by atoms with Crippen LogP contribution in [0, 0.1) is 0 Å². The number of nitrogens with one attached hydrogen (secondary N) is 1. The molecule has 0 bridgehead atoms. The molecule has 0 spiro atoms. The Morgan fingerprint density at radius 3 is 2.62 bits per heavy atom. The van der Waals surface area contributed by atoms with Gasteiger partial charge in [-0.3, -0.25) is 4.79 Å². The van der Waals surface area contributed by atoms with Crippen molar-refractivity contribution in [3.63, 3.8) is 0 Å². The SMILES string of the molecule is CCN(CC)CCNC(=O)c1cc(SF)c(N)cc1OC. The molecule has 118 valence electrons. The van der Waals surface area contributed by atoms with Gasteiger partial charge in [0.05, 0.1) is 35.4 Å². The van der Waals surface area contributed by atoms with Gasteiger partial charge in [0.25, 0.3) is 5.91 Å². The van der Waals surface area contributed by atoms with Crippen LogP contribution in [0.5, 0.6) is 5.75 Å². The predicted octanol–water partition coefficient (Wildman–Crippen LogP) is 2.33. The molecule has 0 heterocycles. The molecule has 5 nitrogen and oxygen atoms in total. The van der Waals surface area contributed by atoms with Crippen LogP contribution in [0.15, 0.2) is 17.0 Å². The molecule has 3 N–H and O–H groups in total. The molecule has 0 aliphatic carbocycles.